The van der Waals surface area contributed by atoms with Crippen molar-refractivity contribution in [3.63, 3.8) is 0 Å². The third-order valence-electron chi connectivity index (χ3n) is 5.87. The molecule has 0 aliphatic carbocycles. The number of rotatable bonds is 4. The van der Waals surface area contributed by atoms with Gasteiger partial charge in [0.15, 0.2) is 0 Å². The first-order valence-corrected chi connectivity index (χ1v) is 11.1. The van der Waals surface area contributed by atoms with Crippen LogP contribution in [0.15, 0.2) is 46.9 Å². The molecule has 0 bridgehead atoms. The molecule has 4 rings (SSSR count). The Morgan fingerprint density at radius 3 is 2.58 bits per heavy atom. The van der Waals surface area contributed by atoms with Gasteiger partial charge in [0.1, 0.15) is 28.6 Å². The van der Waals surface area contributed by atoms with Crippen LogP contribution < -0.4 is 10.3 Å². The maximum absolute atomic E-state index is 13.4. The van der Waals surface area contributed by atoms with E-state index in [9.17, 15) is 14.9 Å². The highest BCUT2D eigenvalue weighted by Crippen LogP contribution is 2.28. The second kappa shape index (κ2) is 9.29. The molecular formula is C26H26N4O3. The summed E-state index contributed by atoms with van der Waals surface area (Å²) in [6.07, 6.45) is 5.82. The Balaban J connectivity index is 1.88. The minimum Gasteiger partial charge on any atom is -0.438 e. The summed E-state index contributed by atoms with van der Waals surface area (Å²) in [6, 6.07) is 11.3. The van der Waals surface area contributed by atoms with E-state index < -0.39 is 5.56 Å². The number of carbonyl (C=O) groups excluding carboxylic acids is 1. The van der Waals surface area contributed by atoms with Crippen LogP contribution in [0.1, 0.15) is 41.5 Å². The van der Waals surface area contributed by atoms with Crippen molar-refractivity contribution in [2.24, 2.45) is 0 Å². The molecule has 1 saturated heterocycles. The van der Waals surface area contributed by atoms with Crippen LogP contribution in [0.5, 0.6) is 11.6 Å². The molecule has 1 fully saturated rings. The van der Waals surface area contributed by atoms with E-state index in [-0.39, 0.29) is 22.9 Å². The maximum atomic E-state index is 13.4. The smallest absolute Gasteiger partial charge is 0.269 e. The summed E-state index contributed by atoms with van der Waals surface area (Å²) >= 11 is 0. The second-order valence-electron chi connectivity index (χ2n) is 8.41. The van der Waals surface area contributed by atoms with Crippen LogP contribution >= 0.6 is 0 Å². The molecule has 3 aromatic rings. The quantitative estimate of drug-likeness (QED) is 0.443. The molecule has 0 saturated carbocycles. The minimum atomic E-state index is -0.400. The predicted octanol–water partition coefficient (Wildman–Crippen LogP) is 4.33. The van der Waals surface area contributed by atoms with Crippen molar-refractivity contribution in [3.8, 4) is 17.7 Å². The fourth-order valence-electron chi connectivity index (χ4n) is 4.06. The summed E-state index contributed by atoms with van der Waals surface area (Å²) in [5.41, 5.74) is 2.81. The van der Waals surface area contributed by atoms with E-state index in [0.29, 0.717) is 24.5 Å². The number of amides is 1. The lowest BCUT2D eigenvalue weighted by atomic mass is 10.1. The molecule has 168 valence electrons. The molecule has 0 radical (unpaired) electrons. The summed E-state index contributed by atoms with van der Waals surface area (Å²) in [5, 5.41) is 9.76. The standard InChI is InChI=1S/C26H26N4O3/c1-17-9-10-22(19(3)14-17)33-24-21(26(32)30-13-7-8-18(2)23(30)28-24)15-20(16-27)25(31)29-11-5-4-6-12-29/h7-10,13-15H,4-6,11-12H2,1-3H3. The van der Waals surface area contributed by atoms with Crippen molar-refractivity contribution in [2.75, 3.05) is 13.1 Å². The summed E-state index contributed by atoms with van der Waals surface area (Å²) in [7, 11) is 0. The molecule has 7 nitrogen and oxygen atoms in total. The van der Waals surface area contributed by atoms with E-state index >= 15 is 0 Å². The Bertz CT molecular complexity index is 1360. The fraction of sp³-hybridized carbons (Fsp3) is 0.308. The maximum Gasteiger partial charge on any atom is 0.269 e. The van der Waals surface area contributed by atoms with Crippen LogP contribution in [0, 0.1) is 32.1 Å². The van der Waals surface area contributed by atoms with E-state index in [1.807, 2.05) is 51.1 Å². The summed E-state index contributed by atoms with van der Waals surface area (Å²) in [4.78, 5) is 32.7. The van der Waals surface area contributed by atoms with Gasteiger partial charge in [-0.25, -0.2) is 0 Å². The number of hydrogen-bond acceptors (Lipinski definition) is 5. The highest BCUT2D eigenvalue weighted by Gasteiger charge is 2.23. The number of pyridine rings is 1. The highest BCUT2D eigenvalue weighted by atomic mass is 16.5. The van der Waals surface area contributed by atoms with E-state index in [2.05, 4.69) is 4.98 Å². The Hall–Kier alpha value is -3.92. The number of aryl methyl sites for hydroxylation is 3. The third-order valence-corrected chi connectivity index (χ3v) is 5.87. The Morgan fingerprint density at radius 2 is 1.88 bits per heavy atom. The topological polar surface area (TPSA) is 87.7 Å². The van der Waals surface area contributed by atoms with Crippen molar-refractivity contribution in [1.82, 2.24) is 14.3 Å². The summed E-state index contributed by atoms with van der Waals surface area (Å²) < 4.78 is 7.52. The van der Waals surface area contributed by atoms with Gasteiger partial charge in [-0.3, -0.25) is 14.0 Å². The van der Waals surface area contributed by atoms with Gasteiger partial charge in [-0.15, -0.1) is 0 Å². The molecule has 1 aliphatic rings. The van der Waals surface area contributed by atoms with Gasteiger partial charge in [0.2, 0.25) is 5.88 Å². The number of nitrogens with zero attached hydrogens (tertiary/aromatic N) is 4. The van der Waals surface area contributed by atoms with Crippen molar-refractivity contribution in [3.05, 3.63) is 74.7 Å². The van der Waals surface area contributed by atoms with Crippen molar-refractivity contribution >= 4 is 17.6 Å². The van der Waals surface area contributed by atoms with Gasteiger partial charge in [-0.2, -0.15) is 10.2 Å². The lowest BCUT2D eigenvalue weighted by molar-refractivity contribution is -0.127. The number of piperidine rings is 1. The molecular weight excluding hydrogens is 416 g/mol. The number of likely N-dealkylation sites (tertiary alicyclic amines) is 1. The number of carbonyl (C=O) groups is 1. The Labute approximate surface area is 192 Å². The molecule has 2 aromatic heterocycles. The van der Waals surface area contributed by atoms with Gasteiger partial charge in [0.25, 0.3) is 11.5 Å². The summed E-state index contributed by atoms with van der Waals surface area (Å²) in [5.74, 6) is 0.254. The molecule has 0 unspecified atom stereocenters. The van der Waals surface area contributed by atoms with Crippen LogP contribution in [0.25, 0.3) is 11.7 Å². The Kier molecular flexibility index (Phi) is 6.27. The largest absolute Gasteiger partial charge is 0.438 e. The average molecular weight is 443 g/mol. The normalized spacial score (nSPS) is 14.2. The number of nitriles is 1. The van der Waals surface area contributed by atoms with E-state index in [1.165, 1.54) is 10.5 Å². The van der Waals surface area contributed by atoms with Gasteiger partial charge < -0.3 is 9.64 Å². The zero-order chi connectivity index (χ0) is 23.5. The number of aromatic nitrogens is 2. The first-order chi connectivity index (χ1) is 15.9. The molecule has 1 amide bonds. The zero-order valence-electron chi connectivity index (χ0n) is 19.1. The van der Waals surface area contributed by atoms with Crippen LogP contribution in [0.4, 0.5) is 0 Å². The van der Waals surface area contributed by atoms with Gasteiger partial charge in [0.05, 0.1) is 0 Å². The van der Waals surface area contributed by atoms with E-state index in [0.717, 1.165) is 36.0 Å². The van der Waals surface area contributed by atoms with Crippen molar-refractivity contribution < 1.29 is 9.53 Å². The molecule has 1 aliphatic heterocycles. The van der Waals surface area contributed by atoms with Gasteiger partial charge in [-0.1, -0.05) is 23.8 Å². The number of hydrogen-bond donors (Lipinski definition) is 0. The SMILES string of the molecule is Cc1ccc(Oc2nc3c(C)cccn3c(=O)c2C=C(C#N)C(=O)N2CCCCC2)c(C)c1. The lowest BCUT2D eigenvalue weighted by Crippen LogP contribution is -2.36. The Morgan fingerprint density at radius 1 is 1.12 bits per heavy atom. The first-order valence-electron chi connectivity index (χ1n) is 11.1. The van der Waals surface area contributed by atoms with Crippen molar-refractivity contribution in [1.29, 1.82) is 5.26 Å². The summed E-state index contributed by atoms with van der Waals surface area (Å²) in [6.45, 7) is 6.98. The van der Waals surface area contributed by atoms with Gasteiger partial charge >= 0.3 is 0 Å². The average Bonchev–Trinajstić information content (AvgIpc) is 2.81. The van der Waals surface area contributed by atoms with E-state index in [1.54, 1.807) is 17.2 Å². The lowest BCUT2D eigenvalue weighted by Gasteiger charge is -2.26. The first kappa shape index (κ1) is 22.3. The van der Waals surface area contributed by atoms with Crippen LogP contribution in [0.3, 0.4) is 0 Å². The van der Waals surface area contributed by atoms with Crippen LogP contribution in [0.2, 0.25) is 0 Å². The van der Waals surface area contributed by atoms with Crippen LogP contribution in [-0.4, -0.2) is 33.3 Å². The molecule has 1 aromatic carbocycles. The number of fused-ring (bicyclic) bond motifs is 1. The fourth-order valence-corrected chi connectivity index (χ4v) is 4.06. The molecule has 0 spiro atoms. The van der Waals surface area contributed by atoms with E-state index in [4.69, 9.17) is 4.74 Å². The zero-order valence-corrected chi connectivity index (χ0v) is 19.1. The predicted molar refractivity (Wildman–Crippen MR) is 126 cm³/mol. The van der Waals surface area contributed by atoms with Crippen LogP contribution in [-0.2, 0) is 4.79 Å². The minimum absolute atomic E-state index is 0.0694. The van der Waals surface area contributed by atoms with Gasteiger partial charge in [0, 0.05) is 19.3 Å². The highest BCUT2D eigenvalue weighted by molar-refractivity contribution is 6.02. The molecule has 7 heteroatoms. The third kappa shape index (κ3) is 4.51. The second-order valence-corrected chi connectivity index (χ2v) is 8.41. The number of benzene rings is 1. The molecule has 0 atom stereocenters. The molecule has 3 heterocycles. The van der Waals surface area contributed by atoms with Crippen molar-refractivity contribution in [2.45, 2.75) is 40.0 Å². The molecule has 0 N–H and O–H groups in total. The molecule has 33 heavy (non-hydrogen) atoms. The van der Waals surface area contributed by atoms with Gasteiger partial charge in [-0.05, 0) is 69.4 Å². The number of ether oxygens (including phenoxy) is 1. The monoisotopic (exact) mass is 442 g/mol.